The summed E-state index contributed by atoms with van der Waals surface area (Å²) in [6.45, 7) is 5.55. The van der Waals surface area contributed by atoms with Crippen LogP contribution >= 0.6 is 13.9 Å². The molecule has 0 spiro atoms. The summed E-state index contributed by atoms with van der Waals surface area (Å²) in [5, 5.41) is 1.51. The molecule has 0 amide bonds. The maximum atomic E-state index is 5.71. The maximum absolute atomic E-state index is 5.71. The van der Waals surface area contributed by atoms with Crippen LogP contribution in [0.4, 0.5) is 17.1 Å². The van der Waals surface area contributed by atoms with Crippen LogP contribution in [0.3, 0.4) is 0 Å². The first-order valence-electron chi connectivity index (χ1n) is 12.6. The molecular weight excluding hydrogens is 454 g/mol. The third-order valence-electron chi connectivity index (χ3n) is 9.11. The van der Waals surface area contributed by atoms with E-state index in [1.54, 1.807) is 0 Å². The van der Waals surface area contributed by atoms with E-state index in [4.69, 9.17) is 4.52 Å². The van der Waals surface area contributed by atoms with Crippen molar-refractivity contribution >= 4 is 98.8 Å². The second-order valence-electron chi connectivity index (χ2n) is 10.9. The summed E-state index contributed by atoms with van der Waals surface area (Å²) in [5.74, 6) is 0. The second kappa shape index (κ2) is 5.80. The van der Waals surface area contributed by atoms with Crippen LogP contribution < -0.4 is 26.6 Å². The number of nitrogens with zero attached hydrogens (tertiary/aromatic N) is 2. The van der Waals surface area contributed by atoms with Crippen LogP contribution in [0.15, 0.2) is 95.5 Å². The van der Waals surface area contributed by atoms with Gasteiger partial charge in [0.1, 0.15) is 0 Å². The predicted octanol–water partition coefficient (Wildman–Crippen LogP) is 2.76. The van der Waals surface area contributed by atoms with Crippen molar-refractivity contribution in [3.8, 4) is 11.1 Å². The second-order valence-corrected chi connectivity index (χ2v) is 17.8. The van der Waals surface area contributed by atoms with Crippen LogP contribution in [-0.4, -0.2) is 46.2 Å². The van der Waals surface area contributed by atoms with Crippen LogP contribution in [0.1, 0.15) is 0 Å². The summed E-state index contributed by atoms with van der Waals surface area (Å²) < 4.78 is 5.71. The van der Waals surface area contributed by atoms with Crippen molar-refractivity contribution in [1.29, 1.82) is 0 Å². The summed E-state index contributed by atoms with van der Waals surface area (Å²) in [6, 6.07) is 34.2. The minimum absolute atomic E-state index is 0.0836. The molecule has 4 aromatic rings. The molecule has 35 heavy (non-hydrogen) atoms. The number of hydrogen-bond acceptors (Lipinski definition) is 2. The standard InChI is InChI=1S/C24H15B7N2P2/c1-2-8-16(9-3-1)33-22-13-7-6-12-21(22)28-20-11-5-4-10-18(20)19-14-17(15-23(33)24(19)28)35(26-29(35)27-35)32-34-30-25-31(30)34/h1-15H/q-1. The molecule has 11 heteroatoms. The van der Waals surface area contributed by atoms with Crippen LogP contribution in [0.25, 0.3) is 11.1 Å². The molecule has 0 unspecified atom stereocenters. The fraction of sp³-hybridized carbons (Fsp3) is 0. The number of anilines is 3. The Kier molecular flexibility index (Phi) is 3.13. The van der Waals surface area contributed by atoms with Gasteiger partial charge in [0.05, 0.1) is 0 Å². The molecule has 0 N–H and O–H groups in total. The third-order valence-corrected chi connectivity index (χ3v) is 17.5. The average molecular weight is 469 g/mol. The molecule has 0 atom stereocenters. The van der Waals surface area contributed by atoms with E-state index in [9.17, 15) is 0 Å². The first-order chi connectivity index (χ1) is 17.3. The molecule has 6 aliphatic heterocycles. The van der Waals surface area contributed by atoms with Gasteiger partial charge < -0.3 is 0 Å². The molecule has 6 aliphatic rings. The Hall–Kier alpha value is -2.34. The molecule has 2 nitrogen and oxygen atoms in total. The van der Waals surface area contributed by atoms with Crippen molar-refractivity contribution in [3.63, 3.8) is 0 Å². The summed E-state index contributed by atoms with van der Waals surface area (Å²) in [7, 11) is 2.41. The van der Waals surface area contributed by atoms with Crippen molar-refractivity contribution in [2.75, 3.05) is 4.90 Å². The van der Waals surface area contributed by atoms with Gasteiger partial charge in [-0.1, -0.05) is 0 Å². The van der Waals surface area contributed by atoms with Crippen LogP contribution in [0, 0.1) is 0 Å². The summed E-state index contributed by atoms with van der Waals surface area (Å²) in [6.07, 6.45) is 0.126. The van der Waals surface area contributed by atoms with E-state index in [0.717, 1.165) is 12.4 Å². The quantitative estimate of drug-likeness (QED) is 0.288. The predicted molar refractivity (Wildman–Crippen MR) is 162 cm³/mol. The molecule has 5 radical (unpaired) electrons. The Morgan fingerprint density at radius 2 is 1.51 bits per heavy atom. The van der Waals surface area contributed by atoms with Gasteiger partial charge >= 0.3 is 210 Å². The molecular formula is C24H15B7N2P2-. The summed E-state index contributed by atoms with van der Waals surface area (Å²) in [5.41, 5.74) is 11.1. The number of rotatable bonds is 3. The average Bonchev–Trinajstić information content (AvgIpc) is 3.80. The first kappa shape index (κ1) is 18.9. The molecule has 0 aromatic heterocycles. The van der Waals surface area contributed by atoms with Crippen LogP contribution in [0.2, 0.25) is 0 Å². The zero-order valence-corrected chi connectivity index (χ0v) is 20.8. The summed E-state index contributed by atoms with van der Waals surface area (Å²) in [4.78, 5) is 2.52. The van der Waals surface area contributed by atoms with Gasteiger partial charge in [-0.15, -0.1) is 0 Å². The van der Waals surface area contributed by atoms with E-state index >= 15 is 0 Å². The van der Waals surface area contributed by atoms with Crippen LogP contribution in [-0.2, 0) is 0 Å². The molecule has 0 bridgehead atoms. The fourth-order valence-corrected chi connectivity index (χ4v) is 16.0. The molecule has 153 valence electrons. The van der Waals surface area contributed by atoms with Gasteiger partial charge in [0, 0.05) is 0 Å². The topological polar surface area (TPSA) is 15.6 Å². The molecule has 4 aromatic carbocycles. The number of hydrogen-bond donors (Lipinski definition) is 0. The zero-order chi connectivity index (χ0) is 22.5. The van der Waals surface area contributed by atoms with Gasteiger partial charge in [0.15, 0.2) is 0 Å². The van der Waals surface area contributed by atoms with Gasteiger partial charge in [-0.2, -0.15) is 0 Å². The molecule has 6 heterocycles. The third kappa shape index (κ3) is 2.16. The fourth-order valence-electron chi connectivity index (χ4n) is 6.89. The van der Waals surface area contributed by atoms with Crippen molar-refractivity contribution in [2.24, 2.45) is 4.52 Å². The minimum atomic E-state index is -2.24. The molecule has 0 saturated carbocycles. The summed E-state index contributed by atoms with van der Waals surface area (Å²) >= 11 is 0. The Morgan fingerprint density at radius 1 is 0.800 bits per heavy atom. The zero-order valence-electron chi connectivity index (χ0n) is 19.0. The van der Waals surface area contributed by atoms with Crippen molar-refractivity contribution < 1.29 is 0 Å². The SMILES string of the molecule is [B]1B2[B-]P12(N=[P+]1B2[B-]B21)c1cc2c3c(c1)N(c1ccccc1)c1ccccc1B3c1ccccc1-2. The van der Waals surface area contributed by atoms with Crippen LogP contribution in [0.5, 0.6) is 0 Å². The number of fused-ring (bicyclic) bond motifs is 7. The van der Waals surface area contributed by atoms with Gasteiger partial charge in [-0.3, -0.25) is 0 Å². The Bertz CT molecular complexity index is 1700. The van der Waals surface area contributed by atoms with E-state index < -0.39 is 6.39 Å². The Morgan fingerprint density at radius 3 is 2.26 bits per heavy atom. The number of para-hydroxylation sites is 2. The van der Waals surface area contributed by atoms with E-state index in [1.807, 2.05) is 0 Å². The van der Waals surface area contributed by atoms with E-state index in [1.165, 1.54) is 49.9 Å². The molecule has 0 aliphatic carbocycles. The monoisotopic (exact) mass is 470 g/mol. The van der Waals surface area contributed by atoms with E-state index in [-0.39, 0.29) is 7.47 Å². The van der Waals surface area contributed by atoms with E-state index in [0.29, 0.717) is 12.9 Å². The molecule has 4 fully saturated rings. The van der Waals surface area contributed by atoms with Crippen molar-refractivity contribution in [2.45, 2.75) is 0 Å². The normalized spacial score (nSPS) is 22.0. The van der Waals surface area contributed by atoms with Gasteiger partial charge in [-0.25, -0.2) is 0 Å². The van der Waals surface area contributed by atoms with Crippen molar-refractivity contribution in [3.05, 3.63) is 91.0 Å². The molecule has 4 saturated heterocycles. The Balaban J connectivity index is 1.30. The van der Waals surface area contributed by atoms with Gasteiger partial charge in [0.2, 0.25) is 0 Å². The van der Waals surface area contributed by atoms with Gasteiger partial charge in [0.25, 0.3) is 0 Å². The van der Waals surface area contributed by atoms with Crippen molar-refractivity contribution in [1.82, 2.24) is 0 Å². The Labute approximate surface area is 209 Å². The van der Waals surface area contributed by atoms with Gasteiger partial charge in [-0.05, 0) is 0 Å². The molecule has 10 rings (SSSR count). The first-order valence-corrected chi connectivity index (χ1v) is 16.4. The van der Waals surface area contributed by atoms with E-state index in [2.05, 4.69) is 117 Å². The number of benzene rings is 4.